The number of benzene rings is 2. The molecule has 0 atom stereocenters. The Kier molecular flexibility index (Phi) is 4.99. The summed E-state index contributed by atoms with van der Waals surface area (Å²) >= 11 is 0. The molecule has 0 amide bonds. The van der Waals surface area contributed by atoms with E-state index in [0.29, 0.717) is 24.4 Å². The second kappa shape index (κ2) is 7.53. The number of nitrogens with zero attached hydrogens (tertiary/aromatic N) is 1. The van der Waals surface area contributed by atoms with Crippen LogP contribution >= 0.6 is 0 Å². The molecule has 0 saturated heterocycles. The molecule has 1 aromatic heterocycles. The topological polar surface area (TPSA) is 80.7 Å². The number of aromatic nitrogens is 1. The predicted octanol–water partition coefficient (Wildman–Crippen LogP) is 3.43. The Morgan fingerprint density at radius 2 is 1.84 bits per heavy atom. The number of rotatable bonds is 7. The minimum absolute atomic E-state index is 0.262. The SMILES string of the molecule is COc1ccc(OCCNc2nccc3c(C(=O)O)cccc23)cc1. The standard InChI is InChI=1S/C19H18N2O4/c1-24-13-5-7-14(8-6-13)25-12-11-21-18-16-3-2-4-17(19(22)23)15(16)9-10-20-18/h2-10H,11-12H2,1H3,(H,20,21)(H,22,23). The number of carboxylic acid groups (broad SMARTS) is 1. The van der Waals surface area contributed by atoms with Gasteiger partial charge in [-0.15, -0.1) is 0 Å². The van der Waals surface area contributed by atoms with Crippen LogP contribution in [0.1, 0.15) is 10.4 Å². The molecular formula is C19H18N2O4. The van der Waals surface area contributed by atoms with Gasteiger partial charge >= 0.3 is 5.97 Å². The molecular weight excluding hydrogens is 320 g/mol. The quantitative estimate of drug-likeness (QED) is 0.643. The third-order valence-corrected chi connectivity index (χ3v) is 3.76. The number of hydrogen-bond donors (Lipinski definition) is 2. The lowest BCUT2D eigenvalue weighted by Crippen LogP contribution is -2.12. The van der Waals surface area contributed by atoms with Gasteiger partial charge in [0.25, 0.3) is 0 Å². The second-order valence-corrected chi connectivity index (χ2v) is 5.32. The highest BCUT2D eigenvalue weighted by atomic mass is 16.5. The van der Waals surface area contributed by atoms with Crippen LogP contribution in [0.25, 0.3) is 10.8 Å². The zero-order chi connectivity index (χ0) is 17.6. The summed E-state index contributed by atoms with van der Waals surface area (Å²) in [5.74, 6) is 1.21. The van der Waals surface area contributed by atoms with Gasteiger partial charge in [-0.3, -0.25) is 0 Å². The first-order valence-corrected chi connectivity index (χ1v) is 7.81. The minimum atomic E-state index is -0.953. The van der Waals surface area contributed by atoms with Gasteiger partial charge in [-0.05, 0) is 36.4 Å². The van der Waals surface area contributed by atoms with Crippen molar-refractivity contribution in [2.24, 2.45) is 0 Å². The van der Waals surface area contributed by atoms with E-state index < -0.39 is 5.97 Å². The molecule has 0 aliphatic heterocycles. The second-order valence-electron chi connectivity index (χ2n) is 5.32. The van der Waals surface area contributed by atoms with Crippen molar-refractivity contribution in [1.29, 1.82) is 0 Å². The van der Waals surface area contributed by atoms with Crippen LogP contribution in [-0.4, -0.2) is 36.3 Å². The van der Waals surface area contributed by atoms with Crippen LogP contribution in [0.2, 0.25) is 0 Å². The van der Waals surface area contributed by atoms with Gasteiger partial charge in [0.15, 0.2) is 0 Å². The largest absolute Gasteiger partial charge is 0.497 e. The molecule has 0 fully saturated rings. The van der Waals surface area contributed by atoms with Gasteiger partial charge in [0.05, 0.1) is 19.2 Å². The van der Waals surface area contributed by atoms with E-state index in [0.717, 1.165) is 16.9 Å². The highest BCUT2D eigenvalue weighted by molar-refractivity contribution is 6.06. The monoisotopic (exact) mass is 338 g/mol. The van der Waals surface area contributed by atoms with Crippen LogP contribution in [0.15, 0.2) is 54.7 Å². The number of hydrogen-bond acceptors (Lipinski definition) is 5. The maximum Gasteiger partial charge on any atom is 0.336 e. The molecule has 0 saturated carbocycles. The number of anilines is 1. The lowest BCUT2D eigenvalue weighted by atomic mass is 10.1. The van der Waals surface area contributed by atoms with Crippen molar-refractivity contribution < 1.29 is 19.4 Å². The maximum absolute atomic E-state index is 11.3. The highest BCUT2D eigenvalue weighted by Gasteiger charge is 2.10. The number of fused-ring (bicyclic) bond motifs is 1. The first-order valence-electron chi connectivity index (χ1n) is 7.81. The third kappa shape index (κ3) is 3.80. The summed E-state index contributed by atoms with van der Waals surface area (Å²) in [5.41, 5.74) is 0.262. The summed E-state index contributed by atoms with van der Waals surface area (Å²) in [6, 6.07) is 14.2. The maximum atomic E-state index is 11.3. The summed E-state index contributed by atoms with van der Waals surface area (Å²) in [6.45, 7) is 0.985. The zero-order valence-corrected chi connectivity index (χ0v) is 13.7. The number of pyridine rings is 1. The molecule has 0 aliphatic rings. The lowest BCUT2D eigenvalue weighted by Gasteiger charge is -2.11. The van der Waals surface area contributed by atoms with E-state index in [1.165, 1.54) is 0 Å². The molecule has 6 nitrogen and oxygen atoms in total. The van der Waals surface area contributed by atoms with Gasteiger partial charge < -0.3 is 19.9 Å². The average molecular weight is 338 g/mol. The predicted molar refractivity (Wildman–Crippen MR) is 95.7 cm³/mol. The van der Waals surface area contributed by atoms with Crippen LogP contribution in [0, 0.1) is 0 Å². The molecule has 128 valence electrons. The van der Waals surface area contributed by atoms with Gasteiger partial charge in [-0.2, -0.15) is 0 Å². The van der Waals surface area contributed by atoms with Crippen molar-refractivity contribution in [3.63, 3.8) is 0 Å². The van der Waals surface area contributed by atoms with E-state index in [9.17, 15) is 9.90 Å². The molecule has 1 heterocycles. The highest BCUT2D eigenvalue weighted by Crippen LogP contribution is 2.24. The Morgan fingerprint density at radius 3 is 2.56 bits per heavy atom. The van der Waals surface area contributed by atoms with Crippen molar-refractivity contribution in [2.75, 3.05) is 25.6 Å². The number of nitrogens with one attached hydrogen (secondary N) is 1. The van der Waals surface area contributed by atoms with E-state index in [1.54, 1.807) is 31.5 Å². The summed E-state index contributed by atoms with van der Waals surface area (Å²) in [7, 11) is 1.62. The van der Waals surface area contributed by atoms with E-state index in [2.05, 4.69) is 10.3 Å². The van der Waals surface area contributed by atoms with Gasteiger partial charge in [0, 0.05) is 17.0 Å². The summed E-state index contributed by atoms with van der Waals surface area (Å²) < 4.78 is 10.8. The molecule has 0 radical (unpaired) electrons. The van der Waals surface area contributed by atoms with Crippen molar-refractivity contribution in [3.05, 3.63) is 60.3 Å². The minimum Gasteiger partial charge on any atom is -0.497 e. The normalized spacial score (nSPS) is 10.4. The fraction of sp³-hybridized carbons (Fsp3) is 0.158. The van der Waals surface area contributed by atoms with Gasteiger partial charge in [0.1, 0.15) is 23.9 Å². The molecule has 2 aromatic carbocycles. The molecule has 2 N–H and O–H groups in total. The number of ether oxygens (including phenoxy) is 2. The van der Waals surface area contributed by atoms with E-state index in [4.69, 9.17) is 9.47 Å². The molecule has 0 bridgehead atoms. The van der Waals surface area contributed by atoms with E-state index >= 15 is 0 Å². The Morgan fingerprint density at radius 1 is 1.08 bits per heavy atom. The zero-order valence-electron chi connectivity index (χ0n) is 13.7. The van der Waals surface area contributed by atoms with Crippen LogP contribution in [0.3, 0.4) is 0 Å². The molecule has 3 rings (SSSR count). The molecule has 25 heavy (non-hydrogen) atoms. The fourth-order valence-electron chi connectivity index (χ4n) is 2.54. The van der Waals surface area contributed by atoms with Gasteiger partial charge in [-0.25, -0.2) is 9.78 Å². The first-order chi connectivity index (χ1) is 12.2. The molecule has 6 heteroatoms. The summed E-state index contributed by atoms with van der Waals surface area (Å²) in [4.78, 5) is 15.6. The number of carbonyl (C=O) groups is 1. The van der Waals surface area contributed by atoms with Crippen LogP contribution in [-0.2, 0) is 0 Å². The Labute approximate surface area is 145 Å². The van der Waals surface area contributed by atoms with Crippen LogP contribution in [0.5, 0.6) is 11.5 Å². The van der Waals surface area contributed by atoms with Crippen molar-refractivity contribution >= 4 is 22.6 Å². The van der Waals surface area contributed by atoms with Crippen LogP contribution in [0.4, 0.5) is 5.82 Å². The molecule has 0 spiro atoms. The number of carboxylic acids is 1. The summed E-state index contributed by atoms with van der Waals surface area (Å²) in [5, 5.41) is 13.9. The van der Waals surface area contributed by atoms with E-state index in [-0.39, 0.29) is 5.56 Å². The summed E-state index contributed by atoms with van der Waals surface area (Å²) in [6.07, 6.45) is 1.60. The van der Waals surface area contributed by atoms with Crippen molar-refractivity contribution in [1.82, 2.24) is 4.98 Å². The molecule has 0 aliphatic carbocycles. The average Bonchev–Trinajstić information content (AvgIpc) is 2.65. The Bertz CT molecular complexity index is 878. The van der Waals surface area contributed by atoms with Crippen molar-refractivity contribution in [3.8, 4) is 11.5 Å². The fourth-order valence-corrected chi connectivity index (χ4v) is 2.54. The van der Waals surface area contributed by atoms with E-state index in [1.807, 2.05) is 30.3 Å². The smallest absolute Gasteiger partial charge is 0.336 e. The molecule has 3 aromatic rings. The third-order valence-electron chi connectivity index (χ3n) is 3.76. The lowest BCUT2D eigenvalue weighted by molar-refractivity contribution is 0.0699. The van der Waals surface area contributed by atoms with Crippen molar-refractivity contribution in [2.45, 2.75) is 0 Å². The first kappa shape index (κ1) is 16.6. The Hall–Kier alpha value is -3.28. The van der Waals surface area contributed by atoms with Gasteiger partial charge in [0.2, 0.25) is 0 Å². The molecule has 0 unspecified atom stereocenters. The Balaban J connectivity index is 1.65. The van der Waals surface area contributed by atoms with Gasteiger partial charge in [-0.1, -0.05) is 12.1 Å². The van der Waals surface area contributed by atoms with Crippen LogP contribution < -0.4 is 14.8 Å². The number of methoxy groups -OCH3 is 1. The number of aromatic carboxylic acids is 1.